The predicted octanol–water partition coefficient (Wildman–Crippen LogP) is 4.24. The molecule has 0 heterocycles. The summed E-state index contributed by atoms with van der Waals surface area (Å²) < 4.78 is 38.8. The standard InChI is InChI=1S/C13H16F3N/c14-11-7-10(8-12(15)13(11)16)17-9-5-3-1-2-4-6-9/h7-9,17H,1-6H2. The molecule has 1 N–H and O–H groups in total. The molecule has 1 aliphatic carbocycles. The van der Waals surface area contributed by atoms with E-state index in [4.69, 9.17) is 0 Å². The van der Waals surface area contributed by atoms with Crippen molar-refractivity contribution in [1.29, 1.82) is 0 Å². The predicted molar refractivity (Wildman–Crippen MR) is 61.4 cm³/mol. The minimum absolute atomic E-state index is 0.238. The fraction of sp³-hybridized carbons (Fsp3) is 0.538. The Hall–Kier alpha value is -1.19. The van der Waals surface area contributed by atoms with Crippen molar-refractivity contribution in [3.63, 3.8) is 0 Å². The lowest BCUT2D eigenvalue weighted by molar-refractivity contribution is 0.447. The highest BCUT2D eigenvalue weighted by molar-refractivity contribution is 5.45. The zero-order valence-electron chi connectivity index (χ0n) is 9.61. The second kappa shape index (κ2) is 5.43. The number of nitrogens with one attached hydrogen (secondary N) is 1. The van der Waals surface area contributed by atoms with Crippen molar-refractivity contribution in [3.05, 3.63) is 29.6 Å². The molecule has 1 saturated carbocycles. The topological polar surface area (TPSA) is 12.0 Å². The number of hydrogen-bond donors (Lipinski definition) is 1. The summed E-state index contributed by atoms with van der Waals surface area (Å²) in [7, 11) is 0. The Bertz CT molecular complexity index is 361. The zero-order valence-corrected chi connectivity index (χ0v) is 9.61. The molecular formula is C13H16F3N. The Morgan fingerprint density at radius 3 is 1.94 bits per heavy atom. The summed E-state index contributed by atoms with van der Waals surface area (Å²) >= 11 is 0. The Balaban J connectivity index is 2.07. The van der Waals surface area contributed by atoms with Gasteiger partial charge in [-0.2, -0.15) is 0 Å². The minimum atomic E-state index is -1.41. The van der Waals surface area contributed by atoms with Gasteiger partial charge >= 0.3 is 0 Å². The van der Waals surface area contributed by atoms with Gasteiger partial charge in [0.25, 0.3) is 0 Å². The summed E-state index contributed by atoms with van der Waals surface area (Å²) in [4.78, 5) is 0. The molecule has 1 aromatic carbocycles. The summed E-state index contributed by atoms with van der Waals surface area (Å²) in [6, 6.07) is 2.27. The van der Waals surface area contributed by atoms with E-state index in [0.717, 1.165) is 37.8 Å². The van der Waals surface area contributed by atoms with Gasteiger partial charge in [-0.15, -0.1) is 0 Å². The number of hydrogen-bond acceptors (Lipinski definition) is 1. The second-order valence-corrected chi connectivity index (χ2v) is 4.59. The van der Waals surface area contributed by atoms with Crippen LogP contribution in [0.25, 0.3) is 0 Å². The van der Waals surface area contributed by atoms with Crippen LogP contribution in [0.1, 0.15) is 38.5 Å². The molecule has 0 radical (unpaired) electrons. The molecule has 0 atom stereocenters. The van der Waals surface area contributed by atoms with Crippen LogP contribution < -0.4 is 5.32 Å². The molecule has 1 aromatic rings. The average Bonchev–Trinajstić information content (AvgIpc) is 2.54. The van der Waals surface area contributed by atoms with Crippen molar-refractivity contribution < 1.29 is 13.2 Å². The second-order valence-electron chi connectivity index (χ2n) is 4.59. The van der Waals surface area contributed by atoms with Crippen LogP contribution in [0.2, 0.25) is 0 Å². The maximum absolute atomic E-state index is 13.0. The minimum Gasteiger partial charge on any atom is -0.382 e. The maximum Gasteiger partial charge on any atom is 0.194 e. The Labute approximate surface area is 99.0 Å². The molecule has 0 aliphatic heterocycles. The largest absolute Gasteiger partial charge is 0.382 e. The van der Waals surface area contributed by atoms with Crippen LogP contribution in [0.3, 0.4) is 0 Å². The Kier molecular flexibility index (Phi) is 3.92. The lowest BCUT2D eigenvalue weighted by Gasteiger charge is -2.17. The van der Waals surface area contributed by atoms with E-state index < -0.39 is 17.5 Å². The first-order chi connectivity index (χ1) is 8.16. The van der Waals surface area contributed by atoms with E-state index in [2.05, 4.69) is 5.32 Å². The molecule has 1 nitrogen and oxygen atoms in total. The molecule has 0 saturated heterocycles. The van der Waals surface area contributed by atoms with Crippen molar-refractivity contribution >= 4 is 5.69 Å². The van der Waals surface area contributed by atoms with Gasteiger partial charge in [-0.3, -0.25) is 0 Å². The van der Waals surface area contributed by atoms with E-state index in [0.29, 0.717) is 5.69 Å². The molecule has 0 aromatic heterocycles. The third-order valence-electron chi connectivity index (χ3n) is 3.21. The smallest absolute Gasteiger partial charge is 0.194 e. The summed E-state index contributed by atoms with van der Waals surface area (Å²) in [6.45, 7) is 0. The first kappa shape index (κ1) is 12.3. The Morgan fingerprint density at radius 1 is 0.882 bits per heavy atom. The average molecular weight is 243 g/mol. The number of halogens is 3. The number of anilines is 1. The maximum atomic E-state index is 13.0. The monoisotopic (exact) mass is 243 g/mol. The molecule has 94 valence electrons. The van der Waals surface area contributed by atoms with E-state index in [1.165, 1.54) is 12.8 Å². The lowest BCUT2D eigenvalue weighted by atomic mass is 10.1. The van der Waals surface area contributed by atoms with Crippen LogP contribution in [0.15, 0.2) is 12.1 Å². The number of rotatable bonds is 2. The molecule has 4 heteroatoms. The molecule has 1 aliphatic rings. The van der Waals surface area contributed by atoms with Gasteiger partial charge in [-0.1, -0.05) is 25.7 Å². The van der Waals surface area contributed by atoms with E-state index in [1.807, 2.05) is 0 Å². The van der Waals surface area contributed by atoms with Gasteiger partial charge in [0.1, 0.15) is 0 Å². The fourth-order valence-corrected chi connectivity index (χ4v) is 2.30. The van der Waals surface area contributed by atoms with Crippen LogP contribution in [0, 0.1) is 17.5 Å². The molecule has 1 fully saturated rings. The zero-order chi connectivity index (χ0) is 12.3. The normalized spacial score (nSPS) is 17.8. The SMILES string of the molecule is Fc1cc(NC2CCCCCC2)cc(F)c1F. The number of benzene rings is 1. The molecule has 0 amide bonds. The molecule has 0 bridgehead atoms. The highest BCUT2D eigenvalue weighted by Crippen LogP contribution is 2.23. The molecule has 17 heavy (non-hydrogen) atoms. The van der Waals surface area contributed by atoms with Gasteiger partial charge in [-0.25, -0.2) is 13.2 Å². The Morgan fingerprint density at radius 2 is 1.41 bits per heavy atom. The van der Waals surface area contributed by atoms with Crippen LogP contribution in [-0.2, 0) is 0 Å². The van der Waals surface area contributed by atoms with E-state index >= 15 is 0 Å². The van der Waals surface area contributed by atoms with E-state index in [-0.39, 0.29) is 6.04 Å². The van der Waals surface area contributed by atoms with Crippen LogP contribution in [0.4, 0.5) is 18.9 Å². The molecular weight excluding hydrogens is 227 g/mol. The van der Waals surface area contributed by atoms with Crippen molar-refractivity contribution in [3.8, 4) is 0 Å². The van der Waals surface area contributed by atoms with Gasteiger partial charge in [0.05, 0.1) is 0 Å². The quantitative estimate of drug-likeness (QED) is 0.605. The highest BCUT2D eigenvalue weighted by atomic mass is 19.2. The van der Waals surface area contributed by atoms with E-state index in [9.17, 15) is 13.2 Å². The fourth-order valence-electron chi connectivity index (χ4n) is 2.30. The van der Waals surface area contributed by atoms with Gasteiger partial charge in [0, 0.05) is 23.9 Å². The summed E-state index contributed by atoms with van der Waals surface area (Å²) in [6.07, 6.45) is 6.68. The summed E-state index contributed by atoms with van der Waals surface area (Å²) in [5, 5.41) is 3.08. The molecule has 0 unspecified atom stereocenters. The summed E-state index contributed by atoms with van der Waals surface area (Å²) in [5.41, 5.74) is 0.327. The van der Waals surface area contributed by atoms with Gasteiger partial charge in [0.15, 0.2) is 17.5 Å². The van der Waals surface area contributed by atoms with Gasteiger partial charge in [0.2, 0.25) is 0 Å². The third-order valence-corrected chi connectivity index (χ3v) is 3.21. The van der Waals surface area contributed by atoms with Crippen molar-refractivity contribution in [1.82, 2.24) is 0 Å². The van der Waals surface area contributed by atoms with Crippen molar-refractivity contribution in [2.24, 2.45) is 0 Å². The molecule has 2 rings (SSSR count). The van der Waals surface area contributed by atoms with Gasteiger partial charge < -0.3 is 5.32 Å². The lowest BCUT2D eigenvalue weighted by Crippen LogP contribution is -2.18. The van der Waals surface area contributed by atoms with Crippen molar-refractivity contribution in [2.75, 3.05) is 5.32 Å². The first-order valence-electron chi connectivity index (χ1n) is 6.08. The van der Waals surface area contributed by atoms with Crippen LogP contribution >= 0.6 is 0 Å². The van der Waals surface area contributed by atoms with E-state index in [1.54, 1.807) is 0 Å². The highest BCUT2D eigenvalue weighted by Gasteiger charge is 2.15. The van der Waals surface area contributed by atoms with Crippen LogP contribution in [-0.4, -0.2) is 6.04 Å². The first-order valence-corrected chi connectivity index (χ1v) is 6.08. The van der Waals surface area contributed by atoms with Crippen molar-refractivity contribution in [2.45, 2.75) is 44.6 Å². The third kappa shape index (κ3) is 3.14. The molecule has 0 spiro atoms. The summed E-state index contributed by atoms with van der Waals surface area (Å²) in [5.74, 6) is -3.68. The van der Waals surface area contributed by atoms with Crippen LogP contribution in [0.5, 0.6) is 0 Å². The van der Waals surface area contributed by atoms with Gasteiger partial charge in [-0.05, 0) is 12.8 Å².